The van der Waals surface area contributed by atoms with Crippen molar-refractivity contribution in [2.45, 2.75) is 30.9 Å². The summed E-state index contributed by atoms with van der Waals surface area (Å²) >= 11 is 0. The molecule has 0 aromatic heterocycles. The average molecular weight is 300 g/mol. The molecule has 2 N–H and O–H groups in total. The Morgan fingerprint density at radius 3 is 2.15 bits per heavy atom. The minimum absolute atomic E-state index is 0.0558. The first-order valence-electron chi connectivity index (χ1n) is 6.13. The first kappa shape index (κ1) is 16.6. The standard InChI is InChI=1S/C13H20N2O4S/c1-9-5-7-11(8-6-9)20(18,19)14-12(10(2)16)13(17)15(3)4/h5-8,10,12,14,16H,1-4H3. The summed E-state index contributed by atoms with van der Waals surface area (Å²) in [7, 11) is -0.862. The zero-order chi connectivity index (χ0) is 15.5. The van der Waals surface area contributed by atoms with Crippen LogP contribution in [-0.4, -0.2) is 50.6 Å². The third-order valence-corrected chi connectivity index (χ3v) is 4.26. The summed E-state index contributed by atoms with van der Waals surface area (Å²) in [6.45, 7) is 3.21. The summed E-state index contributed by atoms with van der Waals surface area (Å²) in [6.07, 6.45) is -1.13. The molecule has 2 unspecified atom stereocenters. The van der Waals surface area contributed by atoms with Gasteiger partial charge in [-0.2, -0.15) is 4.72 Å². The topological polar surface area (TPSA) is 86.7 Å². The maximum Gasteiger partial charge on any atom is 0.242 e. The van der Waals surface area contributed by atoms with Crippen LogP contribution in [0.5, 0.6) is 0 Å². The van der Waals surface area contributed by atoms with Crippen molar-refractivity contribution in [2.24, 2.45) is 0 Å². The van der Waals surface area contributed by atoms with E-state index in [2.05, 4.69) is 4.72 Å². The van der Waals surface area contributed by atoms with Gasteiger partial charge in [-0.15, -0.1) is 0 Å². The van der Waals surface area contributed by atoms with Crippen LogP contribution in [0.2, 0.25) is 0 Å². The maximum absolute atomic E-state index is 12.2. The van der Waals surface area contributed by atoms with Crippen molar-refractivity contribution in [3.63, 3.8) is 0 Å². The Kier molecular flexibility index (Phi) is 5.27. The maximum atomic E-state index is 12.2. The van der Waals surface area contributed by atoms with Crippen molar-refractivity contribution in [1.29, 1.82) is 0 Å². The van der Waals surface area contributed by atoms with E-state index in [1.807, 2.05) is 6.92 Å². The lowest BCUT2D eigenvalue weighted by Crippen LogP contribution is -2.51. The van der Waals surface area contributed by atoms with Crippen LogP contribution in [-0.2, 0) is 14.8 Å². The number of rotatable bonds is 5. The van der Waals surface area contributed by atoms with E-state index in [-0.39, 0.29) is 4.90 Å². The van der Waals surface area contributed by atoms with Gasteiger partial charge in [-0.05, 0) is 26.0 Å². The third-order valence-electron chi connectivity index (χ3n) is 2.80. The molecule has 112 valence electrons. The molecule has 0 aliphatic heterocycles. The normalized spacial score (nSPS) is 14.7. The Morgan fingerprint density at radius 1 is 1.25 bits per heavy atom. The molecule has 0 saturated heterocycles. The fourth-order valence-corrected chi connectivity index (χ4v) is 2.85. The number of carbonyl (C=O) groups excluding carboxylic acids is 1. The van der Waals surface area contributed by atoms with Crippen LogP contribution >= 0.6 is 0 Å². The van der Waals surface area contributed by atoms with Gasteiger partial charge in [-0.3, -0.25) is 4.79 Å². The molecular weight excluding hydrogens is 280 g/mol. The molecule has 1 amide bonds. The van der Waals surface area contributed by atoms with Crippen molar-refractivity contribution in [2.75, 3.05) is 14.1 Å². The number of aryl methyl sites for hydroxylation is 1. The predicted molar refractivity (Wildman–Crippen MR) is 75.7 cm³/mol. The molecule has 0 saturated carbocycles. The molecule has 2 atom stereocenters. The first-order chi connectivity index (χ1) is 9.15. The fraction of sp³-hybridized carbons (Fsp3) is 0.462. The van der Waals surface area contributed by atoms with Gasteiger partial charge in [0.1, 0.15) is 6.04 Å². The average Bonchev–Trinajstić information content (AvgIpc) is 2.35. The highest BCUT2D eigenvalue weighted by atomic mass is 32.2. The minimum atomic E-state index is -3.86. The lowest BCUT2D eigenvalue weighted by molar-refractivity contribution is -0.132. The second kappa shape index (κ2) is 6.34. The zero-order valence-electron chi connectivity index (χ0n) is 12.0. The fourth-order valence-electron chi connectivity index (χ4n) is 1.59. The molecule has 1 rings (SSSR count). The molecule has 0 aliphatic rings. The number of hydrogen-bond donors (Lipinski definition) is 2. The van der Waals surface area contributed by atoms with Gasteiger partial charge in [-0.25, -0.2) is 8.42 Å². The highest BCUT2D eigenvalue weighted by Gasteiger charge is 2.30. The molecule has 0 heterocycles. The van der Waals surface area contributed by atoms with E-state index >= 15 is 0 Å². The van der Waals surface area contributed by atoms with Crippen molar-refractivity contribution in [3.8, 4) is 0 Å². The SMILES string of the molecule is Cc1ccc(S(=O)(=O)NC(C(=O)N(C)C)C(C)O)cc1. The molecule has 0 fully saturated rings. The number of hydrogen-bond acceptors (Lipinski definition) is 4. The molecule has 1 aromatic carbocycles. The zero-order valence-corrected chi connectivity index (χ0v) is 12.8. The number of aliphatic hydroxyl groups is 1. The van der Waals surface area contributed by atoms with E-state index in [0.29, 0.717) is 0 Å². The largest absolute Gasteiger partial charge is 0.391 e. The van der Waals surface area contributed by atoms with Crippen molar-refractivity contribution < 1.29 is 18.3 Å². The minimum Gasteiger partial charge on any atom is -0.391 e. The second-order valence-electron chi connectivity index (χ2n) is 4.89. The van der Waals surface area contributed by atoms with Gasteiger partial charge in [0, 0.05) is 14.1 Å². The Bertz CT molecular complexity index is 565. The van der Waals surface area contributed by atoms with E-state index in [9.17, 15) is 18.3 Å². The predicted octanol–water partition coefficient (Wildman–Crippen LogP) is 0.111. The highest BCUT2D eigenvalue weighted by Crippen LogP contribution is 2.12. The Labute approximate surface area is 119 Å². The molecular formula is C13H20N2O4S. The molecule has 6 nitrogen and oxygen atoms in total. The van der Waals surface area contributed by atoms with Crippen molar-refractivity contribution in [1.82, 2.24) is 9.62 Å². The number of likely N-dealkylation sites (N-methyl/N-ethyl adjacent to an activating group) is 1. The van der Waals surface area contributed by atoms with E-state index < -0.39 is 28.1 Å². The van der Waals surface area contributed by atoms with E-state index in [1.54, 1.807) is 12.1 Å². The molecule has 0 spiro atoms. The van der Waals surface area contributed by atoms with Gasteiger partial charge < -0.3 is 10.0 Å². The molecule has 0 radical (unpaired) electrons. The van der Waals surface area contributed by atoms with Crippen molar-refractivity contribution in [3.05, 3.63) is 29.8 Å². The van der Waals surface area contributed by atoms with Gasteiger partial charge in [0.25, 0.3) is 0 Å². The number of amides is 1. The van der Waals surface area contributed by atoms with Crippen molar-refractivity contribution >= 4 is 15.9 Å². The van der Waals surface area contributed by atoms with Crippen LogP contribution in [0.1, 0.15) is 12.5 Å². The highest BCUT2D eigenvalue weighted by molar-refractivity contribution is 7.89. The lowest BCUT2D eigenvalue weighted by atomic mass is 10.2. The number of nitrogens with zero attached hydrogens (tertiary/aromatic N) is 1. The van der Waals surface area contributed by atoms with Gasteiger partial charge in [0.05, 0.1) is 11.0 Å². The quantitative estimate of drug-likeness (QED) is 0.808. The number of benzene rings is 1. The van der Waals surface area contributed by atoms with Crippen LogP contribution in [0.3, 0.4) is 0 Å². The number of carbonyl (C=O) groups is 1. The Balaban J connectivity index is 3.03. The first-order valence-corrected chi connectivity index (χ1v) is 7.61. The summed E-state index contributed by atoms with van der Waals surface area (Å²) in [5.41, 5.74) is 0.931. The van der Waals surface area contributed by atoms with Crippen LogP contribution in [0, 0.1) is 6.92 Å². The Hall–Kier alpha value is -1.44. The number of aliphatic hydroxyl groups excluding tert-OH is 1. The Morgan fingerprint density at radius 2 is 1.75 bits per heavy atom. The van der Waals surface area contributed by atoms with Gasteiger partial charge in [0.15, 0.2) is 0 Å². The monoisotopic (exact) mass is 300 g/mol. The summed E-state index contributed by atoms with van der Waals surface area (Å²) in [4.78, 5) is 13.2. The summed E-state index contributed by atoms with van der Waals surface area (Å²) in [5.74, 6) is -0.504. The molecule has 7 heteroatoms. The van der Waals surface area contributed by atoms with E-state index in [4.69, 9.17) is 0 Å². The van der Waals surface area contributed by atoms with Gasteiger partial charge >= 0.3 is 0 Å². The molecule has 1 aromatic rings. The second-order valence-corrected chi connectivity index (χ2v) is 6.60. The number of nitrogens with one attached hydrogen (secondary N) is 1. The van der Waals surface area contributed by atoms with Gasteiger partial charge in [0.2, 0.25) is 15.9 Å². The summed E-state index contributed by atoms with van der Waals surface area (Å²) in [6, 6.07) is 5.03. The molecule has 0 bridgehead atoms. The van der Waals surface area contributed by atoms with Crippen LogP contribution < -0.4 is 4.72 Å². The molecule has 0 aliphatic carbocycles. The third kappa shape index (κ3) is 4.03. The van der Waals surface area contributed by atoms with E-state index in [1.165, 1.54) is 38.1 Å². The van der Waals surface area contributed by atoms with E-state index in [0.717, 1.165) is 5.56 Å². The lowest BCUT2D eigenvalue weighted by Gasteiger charge is -2.23. The molecule has 20 heavy (non-hydrogen) atoms. The van der Waals surface area contributed by atoms with Gasteiger partial charge in [-0.1, -0.05) is 17.7 Å². The van der Waals surface area contributed by atoms with Crippen LogP contribution in [0.4, 0.5) is 0 Å². The smallest absolute Gasteiger partial charge is 0.242 e. The summed E-state index contributed by atoms with van der Waals surface area (Å²) < 4.78 is 26.6. The van der Waals surface area contributed by atoms with Crippen LogP contribution in [0.25, 0.3) is 0 Å². The van der Waals surface area contributed by atoms with Crippen LogP contribution in [0.15, 0.2) is 29.2 Å². The number of sulfonamides is 1. The summed E-state index contributed by atoms with van der Waals surface area (Å²) in [5, 5.41) is 9.61.